The van der Waals surface area contributed by atoms with Gasteiger partial charge in [-0.15, -0.1) is 11.3 Å². The largest absolute Gasteiger partial charge is 0.354 e. The van der Waals surface area contributed by atoms with Gasteiger partial charge in [0, 0.05) is 18.0 Å². The number of halogens is 1. The SMILES string of the molecule is CNC(=O)c1sc2nc(C)c(Cl)c(C)c2c1-c1ccccc1. The number of carbonyl (C=O) groups excluding carboxylic acids is 1. The molecule has 0 aliphatic rings. The summed E-state index contributed by atoms with van der Waals surface area (Å²) in [6.07, 6.45) is 0. The average Bonchev–Trinajstić information content (AvgIpc) is 2.92. The standard InChI is InChI=1S/C17H15ClN2OS/c1-9-12-13(11-7-5-4-6-8-11)15(16(21)19-3)22-17(12)20-10(2)14(9)18/h4-8H,1-3H3,(H,19,21). The Balaban J connectivity index is 2.45. The first-order valence-electron chi connectivity index (χ1n) is 6.91. The number of hydrogen-bond donors (Lipinski definition) is 1. The molecule has 0 aliphatic heterocycles. The molecule has 0 atom stereocenters. The molecule has 0 spiro atoms. The van der Waals surface area contributed by atoms with E-state index in [1.165, 1.54) is 11.3 Å². The molecule has 1 aromatic carbocycles. The van der Waals surface area contributed by atoms with Crippen LogP contribution in [-0.2, 0) is 0 Å². The van der Waals surface area contributed by atoms with Crippen molar-refractivity contribution in [2.75, 3.05) is 7.05 Å². The quantitative estimate of drug-likeness (QED) is 0.746. The second-order valence-electron chi connectivity index (χ2n) is 5.07. The maximum Gasteiger partial charge on any atom is 0.261 e. The molecular weight excluding hydrogens is 316 g/mol. The summed E-state index contributed by atoms with van der Waals surface area (Å²) >= 11 is 7.79. The Morgan fingerprint density at radius 2 is 1.91 bits per heavy atom. The molecule has 3 rings (SSSR count). The van der Waals surface area contributed by atoms with Crippen molar-refractivity contribution in [3.8, 4) is 11.1 Å². The first-order chi connectivity index (χ1) is 10.5. The molecule has 0 saturated heterocycles. The summed E-state index contributed by atoms with van der Waals surface area (Å²) in [5.41, 5.74) is 3.66. The van der Waals surface area contributed by atoms with Crippen molar-refractivity contribution in [2.45, 2.75) is 13.8 Å². The minimum atomic E-state index is -0.102. The fraction of sp³-hybridized carbons (Fsp3) is 0.176. The Morgan fingerprint density at radius 1 is 1.23 bits per heavy atom. The van der Waals surface area contributed by atoms with Crippen LogP contribution < -0.4 is 5.32 Å². The first-order valence-corrected chi connectivity index (χ1v) is 8.10. The highest BCUT2D eigenvalue weighted by Crippen LogP contribution is 2.41. The highest BCUT2D eigenvalue weighted by molar-refractivity contribution is 7.21. The predicted molar refractivity (Wildman–Crippen MR) is 92.9 cm³/mol. The second-order valence-corrected chi connectivity index (χ2v) is 6.44. The minimum absolute atomic E-state index is 0.102. The highest BCUT2D eigenvalue weighted by atomic mass is 35.5. The number of hydrogen-bond acceptors (Lipinski definition) is 3. The van der Waals surface area contributed by atoms with E-state index in [2.05, 4.69) is 10.3 Å². The molecule has 22 heavy (non-hydrogen) atoms. The Hall–Kier alpha value is -1.91. The summed E-state index contributed by atoms with van der Waals surface area (Å²) in [5, 5.41) is 4.33. The molecule has 2 aromatic heterocycles. The number of nitrogens with one attached hydrogen (secondary N) is 1. The molecule has 0 saturated carbocycles. The van der Waals surface area contributed by atoms with Crippen molar-refractivity contribution < 1.29 is 4.79 Å². The van der Waals surface area contributed by atoms with E-state index in [-0.39, 0.29) is 5.91 Å². The van der Waals surface area contributed by atoms with Crippen LogP contribution in [0.1, 0.15) is 20.9 Å². The van der Waals surface area contributed by atoms with Crippen molar-refractivity contribution >= 4 is 39.1 Å². The topological polar surface area (TPSA) is 42.0 Å². The van der Waals surface area contributed by atoms with E-state index >= 15 is 0 Å². The second kappa shape index (κ2) is 5.71. The van der Waals surface area contributed by atoms with Crippen LogP contribution in [0, 0.1) is 13.8 Å². The van der Waals surface area contributed by atoms with E-state index in [1.807, 2.05) is 44.2 Å². The normalized spacial score (nSPS) is 10.9. The van der Waals surface area contributed by atoms with Crippen LogP contribution >= 0.6 is 22.9 Å². The van der Waals surface area contributed by atoms with E-state index in [0.717, 1.165) is 32.6 Å². The van der Waals surface area contributed by atoms with E-state index in [1.54, 1.807) is 7.05 Å². The van der Waals surface area contributed by atoms with Crippen molar-refractivity contribution in [2.24, 2.45) is 0 Å². The van der Waals surface area contributed by atoms with Gasteiger partial charge in [-0.25, -0.2) is 4.98 Å². The number of aryl methyl sites for hydroxylation is 2. The van der Waals surface area contributed by atoms with Gasteiger partial charge in [-0.1, -0.05) is 41.9 Å². The number of aromatic nitrogens is 1. The molecule has 1 N–H and O–H groups in total. The zero-order chi connectivity index (χ0) is 15.9. The van der Waals surface area contributed by atoms with E-state index in [4.69, 9.17) is 11.6 Å². The fourth-order valence-electron chi connectivity index (χ4n) is 2.58. The van der Waals surface area contributed by atoms with Gasteiger partial charge in [0.25, 0.3) is 5.91 Å². The van der Waals surface area contributed by atoms with Crippen LogP contribution in [0.4, 0.5) is 0 Å². The zero-order valence-electron chi connectivity index (χ0n) is 12.5. The van der Waals surface area contributed by atoms with Gasteiger partial charge in [0.15, 0.2) is 0 Å². The molecule has 1 amide bonds. The number of pyridine rings is 1. The van der Waals surface area contributed by atoms with Crippen LogP contribution in [0.25, 0.3) is 21.3 Å². The lowest BCUT2D eigenvalue weighted by atomic mass is 9.99. The summed E-state index contributed by atoms with van der Waals surface area (Å²) in [4.78, 5) is 18.4. The number of rotatable bonds is 2. The van der Waals surface area contributed by atoms with Gasteiger partial charge >= 0.3 is 0 Å². The van der Waals surface area contributed by atoms with Crippen molar-refractivity contribution in [1.82, 2.24) is 10.3 Å². The van der Waals surface area contributed by atoms with Gasteiger partial charge < -0.3 is 5.32 Å². The lowest BCUT2D eigenvalue weighted by Gasteiger charge is -2.08. The molecule has 0 bridgehead atoms. The monoisotopic (exact) mass is 330 g/mol. The number of benzene rings is 1. The number of fused-ring (bicyclic) bond motifs is 1. The minimum Gasteiger partial charge on any atom is -0.354 e. The van der Waals surface area contributed by atoms with E-state index in [0.29, 0.717) is 9.90 Å². The molecule has 0 fully saturated rings. The molecule has 5 heteroatoms. The smallest absolute Gasteiger partial charge is 0.261 e. The van der Waals surface area contributed by atoms with Crippen LogP contribution in [0.2, 0.25) is 5.02 Å². The summed E-state index contributed by atoms with van der Waals surface area (Å²) in [5.74, 6) is -0.102. The first kappa shape index (κ1) is 15.0. The van der Waals surface area contributed by atoms with E-state index < -0.39 is 0 Å². The highest BCUT2D eigenvalue weighted by Gasteiger charge is 2.22. The van der Waals surface area contributed by atoms with Gasteiger partial charge in [0.05, 0.1) is 10.7 Å². The average molecular weight is 331 g/mol. The number of amides is 1. The fourth-order valence-corrected chi connectivity index (χ4v) is 3.97. The third kappa shape index (κ3) is 2.28. The Labute approximate surface area is 138 Å². The van der Waals surface area contributed by atoms with Gasteiger partial charge in [0.1, 0.15) is 9.71 Å². The lowest BCUT2D eigenvalue weighted by Crippen LogP contribution is -2.17. The summed E-state index contributed by atoms with van der Waals surface area (Å²) in [6.45, 7) is 3.86. The zero-order valence-corrected chi connectivity index (χ0v) is 14.1. The van der Waals surface area contributed by atoms with Crippen LogP contribution in [0.15, 0.2) is 30.3 Å². The van der Waals surface area contributed by atoms with Crippen molar-refractivity contribution in [1.29, 1.82) is 0 Å². The maximum absolute atomic E-state index is 12.3. The van der Waals surface area contributed by atoms with E-state index in [9.17, 15) is 4.79 Å². The molecule has 2 heterocycles. The molecule has 3 nitrogen and oxygen atoms in total. The van der Waals surface area contributed by atoms with Gasteiger partial charge in [-0.05, 0) is 25.0 Å². The maximum atomic E-state index is 12.3. The number of nitrogens with zero attached hydrogens (tertiary/aromatic N) is 1. The van der Waals surface area contributed by atoms with Gasteiger partial charge in [-0.2, -0.15) is 0 Å². The Morgan fingerprint density at radius 3 is 2.55 bits per heavy atom. The number of thiophene rings is 1. The Kier molecular flexibility index (Phi) is 3.89. The third-order valence-electron chi connectivity index (χ3n) is 3.68. The van der Waals surface area contributed by atoms with Crippen LogP contribution in [0.3, 0.4) is 0 Å². The lowest BCUT2D eigenvalue weighted by molar-refractivity contribution is 0.0967. The Bertz CT molecular complexity index is 871. The van der Waals surface area contributed by atoms with Crippen LogP contribution in [0.5, 0.6) is 0 Å². The van der Waals surface area contributed by atoms with Crippen LogP contribution in [-0.4, -0.2) is 17.9 Å². The predicted octanol–water partition coefficient (Wildman–Crippen LogP) is 4.59. The van der Waals surface area contributed by atoms with Gasteiger partial charge in [-0.3, -0.25) is 4.79 Å². The summed E-state index contributed by atoms with van der Waals surface area (Å²) < 4.78 is 0. The number of carbonyl (C=O) groups is 1. The molecular formula is C17H15ClN2OS. The molecule has 0 unspecified atom stereocenters. The molecule has 112 valence electrons. The summed E-state index contributed by atoms with van der Waals surface area (Å²) in [7, 11) is 1.64. The molecule has 0 radical (unpaired) electrons. The third-order valence-corrected chi connectivity index (χ3v) is 5.32. The molecule has 0 aliphatic carbocycles. The van der Waals surface area contributed by atoms with Gasteiger partial charge in [0.2, 0.25) is 0 Å². The van der Waals surface area contributed by atoms with Crippen molar-refractivity contribution in [3.63, 3.8) is 0 Å². The van der Waals surface area contributed by atoms with Crippen molar-refractivity contribution in [3.05, 3.63) is 51.5 Å². The molecule has 3 aromatic rings. The summed E-state index contributed by atoms with van der Waals surface area (Å²) in [6, 6.07) is 9.89.